The van der Waals surface area contributed by atoms with Crippen molar-refractivity contribution >= 4 is 47.1 Å². The van der Waals surface area contributed by atoms with E-state index in [2.05, 4.69) is 27.2 Å². The van der Waals surface area contributed by atoms with E-state index in [0.717, 1.165) is 66.3 Å². The molecule has 3 aromatic rings. The third-order valence-corrected chi connectivity index (χ3v) is 7.54. The molecular weight excluding hydrogens is 544 g/mol. The zero-order valence-electron chi connectivity index (χ0n) is 25.0. The molecule has 0 aromatic heterocycles. The van der Waals surface area contributed by atoms with Crippen molar-refractivity contribution < 1.29 is 23.9 Å². The van der Waals surface area contributed by atoms with Crippen LogP contribution in [0, 0.1) is 26.2 Å². The molecule has 0 atom stereocenters. The average molecular weight is 581 g/mol. The van der Waals surface area contributed by atoms with E-state index >= 15 is 0 Å². The van der Waals surface area contributed by atoms with Gasteiger partial charge in [0, 0.05) is 11.1 Å². The fourth-order valence-corrected chi connectivity index (χ4v) is 4.92. The lowest BCUT2D eigenvalue weighted by Gasteiger charge is -2.29. The predicted molar refractivity (Wildman–Crippen MR) is 166 cm³/mol. The molecule has 0 fully saturated rings. The Morgan fingerprint density at radius 2 is 1.16 bits per heavy atom. The number of isocyanates is 3. The number of carbonyl (C=O) groups is 1. The van der Waals surface area contributed by atoms with Crippen molar-refractivity contribution in [3.05, 3.63) is 82.4 Å². The molecule has 0 aliphatic carbocycles. The number of nitrogens with one attached hydrogen (secondary N) is 1. The zero-order valence-corrected chi connectivity index (χ0v) is 25.0. The number of ether oxygens (including phenoxy) is 1. The number of hydrogen-bond donors (Lipinski definition) is 1. The molecule has 0 spiro atoms. The van der Waals surface area contributed by atoms with E-state index in [4.69, 9.17) is 4.74 Å². The fourth-order valence-electron chi connectivity index (χ4n) is 4.92. The van der Waals surface area contributed by atoms with Crippen LogP contribution in [0.4, 0.5) is 27.5 Å². The monoisotopic (exact) mass is 580 g/mol. The molecule has 0 saturated heterocycles. The summed E-state index contributed by atoms with van der Waals surface area (Å²) < 4.78 is 5.71. The topological polar surface area (TPSA) is 127 Å². The zero-order chi connectivity index (χ0) is 31.2. The minimum absolute atomic E-state index is 0.202. The first kappa shape index (κ1) is 32.6. The van der Waals surface area contributed by atoms with Crippen molar-refractivity contribution in [3.8, 4) is 0 Å². The van der Waals surface area contributed by atoms with Crippen LogP contribution in [0.3, 0.4) is 0 Å². The van der Waals surface area contributed by atoms with Gasteiger partial charge in [-0.1, -0.05) is 37.3 Å². The van der Waals surface area contributed by atoms with E-state index < -0.39 is 6.09 Å². The Kier molecular flexibility index (Phi) is 12.1. The highest BCUT2D eigenvalue weighted by Gasteiger charge is 2.26. The molecule has 0 aliphatic heterocycles. The molecule has 9 nitrogen and oxygen atoms in total. The number of rotatable bonds is 14. The molecule has 9 heteroatoms. The van der Waals surface area contributed by atoms with Gasteiger partial charge in [0.15, 0.2) is 0 Å². The third kappa shape index (κ3) is 10.1. The number of benzene rings is 3. The van der Waals surface area contributed by atoms with Gasteiger partial charge in [-0.15, -0.1) is 0 Å². The van der Waals surface area contributed by atoms with E-state index in [0.29, 0.717) is 22.7 Å². The van der Waals surface area contributed by atoms with Gasteiger partial charge in [0.1, 0.15) is 0 Å². The largest absolute Gasteiger partial charge is 0.449 e. The summed E-state index contributed by atoms with van der Waals surface area (Å²) in [5.41, 5.74) is 6.54. The van der Waals surface area contributed by atoms with Crippen LogP contribution in [-0.4, -0.2) is 30.9 Å². The second-order valence-corrected chi connectivity index (χ2v) is 11.1. The summed E-state index contributed by atoms with van der Waals surface area (Å²) in [5, 5.41) is 2.72. The number of carbonyl (C=O) groups excluding carboxylic acids is 4. The number of aliphatic imine (C=N–C) groups is 3. The minimum atomic E-state index is -0.596. The molecule has 0 heterocycles. The van der Waals surface area contributed by atoms with Gasteiger partial charge >= 0.3 is 6.09 Å². The molecule has 1 N–H and O–H groups in total. The summed E-state index contributed by atoms with van der Waals surface area (Å²) in [5.74, 6) is 0. The standard InChI is InChI=1S/C34H36N4O5/c1-24-9-12-27(17-30(24)35-21-39)7-5-15-34(4,16-6-8-28-13-10-25(2)31(18-28)36-22-40)20-43-33(42)38-29-14-11-26(3)32(19-29)37-23-41/h9-14,17-19H,5-8,15-16,20H2,1-4H3,(H,38,42). The Morgan fingerprint density at radius 3 is 1.63 bits per heavy atom. The van der Waals surface area contributed by atoms with Crippen LogP contribution in [0.5, 0.6) is 0 Å². The molecular formula is C34H36N4O5. The maximum absolute atomic E-state index is 12.7. The molecule has 0 radical (unpaired) electrons. The summed E-state index contributed by atoms with van der Waals surface area (Å²) in [7, 11) is 0. The summed E-state index contributed by atoms with van der Waals surface area (Å²) in [6, 6.07) is 16.8. The Balaban J connectivity index is 1.68. The lowest BCUT2D eigenvalue weighted by Crippen LogP contribution is -2.27. The van der Waals surface area contributed by atoms with Gasteiger partial charge in [0.2, 0.25) is 18.2 Å². The lowest BCUT2D eigenvalue weighted by atomic mass is 9.80. The summed E-state index contributed by atoms with van der Waals surface area (Å²) >= 11 is 0. The summed E-state index contributed by atoms with van der Waals surface area (Å²) in [6.07, 6.45) is 8.95. The van der Waals surface area contributed by atoms with Crippen LogP contribution in [0.1, 0.15) is 60.4 Å². The summed E-state index contributed by atoms with van der Waals surface area (Å²) in [4.78, 5) is 56.3. The second-order valence-electron chi connectivity index (χ2n) is 11.1. The van der Waals surface area contributed by atoms with Gasteiger partial charge in [0.05, 0.1) is 23.7 Å². The van der Waals surface area contributed by atoms with Gasteiger partial charge in [-0.25, -0.2) is 19.2 Å². The second kappa shape index (κ2) is 15.9. The van der Waals surface area contributed by atoms with E-state index in [1.807, 2.05) is 57.2 Å². The highest BCUT2D eigenvalue weighted by atomic mass is 16.5. The van der Waals surface area contributed by atoms with Crippen molar-refractivity contribution in [2.75, 3.05) is 11.9 Å². The molecule has 0 unspecified atom stereocenters. The Bertz CT molecular complexity index is 1520. The van der Waals surface area contributed by atoms with Crippen LogP contribution < -0.4 is 5.32 Å². The van der Waals surface area contributed by atoms with Crippen LogP contribution in [-0.2, 0) is 32.0 Å². The smallest absolute Gasteiger partial charge is 0.411 e. The van der Waals surface area contributed by atoms with Crippen LogP contribution in [0.15, 0.2) is 69.6 Å². The number of aryl methyl sites for hydroxylation is 5. The van der Waals surface area contributed by atoms with Crippen LogP contribution >= 0.6 is 0 Å². The molecule has 222 valence electrons. The van der Waals surface area contributed by atoms with Crippen molar-refractivity contribution in [2.24, 2.45) is 20.4 Å². The van der Waals surface area contributed by atoms with E-state index in [-0.39, 0.29) is 12.0 Å². The first-order valence-electron chi connectivity index (χ1n) is 14.1. The Labute approximate surface area is 251 Å². The van der Waals surface area contributed by atoms with Crippen molar-refractivity contribution in [2.45, 2.75) is 66.2 Å². The first-order valence-corrected chi connectivity index (χ1v) is 14.1. The maximum Gasteiger partial charge on any atom is 0.411 e. The number of hydrogen-bond acceptors (Lipinski definition) is 8. The maximum atomic E-state index is 12.7. The number of nitrogens with zero attached hydrogens (tertiary/aromatic N) is 3. The van der Waals surface area contributed by atoms with Gasteiger partial charge in [-0.05, 0) is 111 Å². The molecule has 0 aliphatic rings. The van der Waals surface area contributed by atoms with Crippen LogP contribution in [0.25, 0.3) is 0 Å². The molecule has 3 rings (SSSR count). The quantitative estimate of drug-likeness (QED) is 0.152. The lowest BCUT2D eigenvalue weighted by molar-refractivity contribution is 0.0869. The summed E-state index contributed by atoms with van der Waals surface area (Å²) in [6.45, 7) is 7.91. The van der Waals surface area contributed by atoms with Gasteiger partial charge < -0.3 is 4.74 Å². The molecule has 43 heavy (non-hydrogen) atoms. The van der Waals surface area contributed by atoms with E-state index in [1.54, 1.807) is 30.4 Å². The van der Waals surface area contributed by atoms with E-state index in [1.165, 1.54) is 6.08 Å². The van der Waals surface area contributed by atoms with Crippen molar-refractivity contribution in [1.29, 1.82) is 0 Å². The molecule has 0 saturated carbocycles. The highest BCUT2D eigenvalue weighted by molar-refractivity contribution is 5.85. The van der Waals surface area contributed by atoms with Gasteiger partial charge in [-0.2, -0.15) is 15.0 Å². The Morgan fingerprint density at radius 1 is 0.721 bits per heavy atom. The van der Waals surface area contributed by atoms with E-state index in [9.17, 15) is 19.2 Å². The SMILES string of the molecule is Cc1ccc(CCCC(C)(CCCc2ccc(C)c(N=C=O)c2)COC(=O)Nc2ccc(C)c(N=C=O)c2)cc1N=C=O. The Hall–Kier alpha value is -4.93. The third-order valence-electron chi connectivity index (χ3n) is 7.54. The van der Waals surface area contributed by atoms with Gasteiger partial charge in [0.25, 0.3) is 0 Å². The van der Waals surface area contributed by atoms with Crippen molar-refractivity contribution in [3.63, 3.8) is 0 Å². The number of amides is 1. The predicted octanol–water partition coefficient (Wildman–Crippen LogP) is 8.11. The number of anilines is 1. The molecule has 0 bridgehead atoms. The minimum Gasteiger partial charge on any atom is -0.449 e. The average Bonchev–Trinajstić information content (AvgIpc) is 2.97. The molecule has 3 aromatic carbocycles. The normalized spacial score (nSPS) is 11.7. The highest BCUT2D eigenvalue weighted by Crippen LogP contribution is 2.33. The van der Waals surface area contributed by atoms with Crippen LogP contribution in [0.2, 0.25) is 0 Å². The fraction of sp³-hybridized carbons (Fsp3) is 0.353. The van der Waals surface area contributed by atoms with Gasteiger partial charge in [-0.3, -0.25) is 5.32 Å². The first-order chi connectivity index (χ1) is 20.7. The molecule has 1 amide bonds. The van der Waals surface area contributed by atoms with Crippen molar-refractivity contribution in [1.82, 2.24) is 0 Å².